The van der Waals surface area contributed by atoms with Crippen LogP contribution in [0.25, 0.3) is 0 Å². The molecule has 1 unspecified atom stereocenters. The number of rotatable bonds is 3. The lowest BCUT2D eigenvalue weighted by Gasteiger charge is -2.27. The molecule has 0 aliphatic heterocycles. The van der Waals surface area contributed by atoms with E-state index in [-0.39, 0.29) is 0 Å². The second-order valence-electron chi connectivity index (χ2n) is 6.11. The molecule has 5 nitrogen and oxygen atoms in total. The van der Waals surface area contributed by atoms with Gasteiger partial charge in [0.05, 0.1) is 6.07 Å². The van der Waals surface area contributed by atoms with Crippen molar-refractivity contribution in [2.45, 2.75) is 32.4 Å². The van der Waals surface area contributed by atoms with Gasteiger partial charge in [0.15, 0.2) is 0 Å². The number of hydrogen-bond acceptors (Lipinski definition) is 4. The lowest BCUT2D eigenvalue weighted by molar-refractivity contribution is 0.0258. The maximum Gasteiger partial charge on any atom is 0.411 e. The molecular formula is C16H23N3O2. The third kappa shape index (κ3) is 4.67. The Morgan fingerprint density at radius 1 is 1.19 bits per heavy atom. The summed E-state index contributed by atoms with van der Waals surface area (Å²) < 4.78 is 5.29. The highest BCUT2D eigenvalue weighted by Crippen LogP contribution is 2.23. The fraction of sp³-hybridized carbons (Fsp3) is 0.500. The van der Waals surface area contributed by atoms with Gasteiger partial charge in [-0.25, -0.2) is 4.79 Å². The van der Waals surface area contributed by atoms with Crippen LogP contribution in [0.1, 0.15) is 32.4 Å². The van der Waals surface area contributed by atoms with Crippen molar-refractivity contribution in [3.63, 3.8) is 0 Å². The van der Waals surface area contributed by atoms with Gasteiger partial charge in [-0.05, 0) is 38.5 Å². The molecule has 0 aliphatic rings. The number of ether oxygens (including phenoxy) is 1. The molecule has 0 saturated heterocycles. The first kappa shape index (κ1) is 16.8. The van der Waals surface area contributed by atoms with Crippen LogP contribution in [0.4, 0.5) is 10.5 Å². The molecule has 5 heteroatoms. The Hall–Kier alpha value is -2.22. The second-order valence-corrected chi connectivity index (χ2v) is 6.11. The Morgan fingerprint density at radius 2 is 1.71 bits per heavy atom. The van der Waals surface area contributed by atoms with E-state index >= 15 is 0 Å². The predicted octanol–water partition coefficient (Wildman–Crippen LogP) is 3.18. The van der Waals surface area contributed by atoms with E-state index in [1.54, 1.807) is 27.8 Å². The molecule has 0 N–H and O–H groups in total. The number of carbonyl (C=O) groups is 1. The van der Waals surface area contributed by atoms with Crippen LogP contribution >= 0.6 is 0 Å². The van der Waals surface area contributed by atoms with E-state index in [0.29, 0.717) is 0 Å². The van der Waals surface area contributed by atoms with Crippen LogP contribution in [0, 0.1) is 11.3 Å². The number of nitriles is 1. The third-order valence-electron chi connectivity index (χ3n) is 2.92. The van der Waals surface area contributed by atoms with Gasteiger partial charge in [0, 0.05) is 26.8 Å². The standard InChI is InChI=1S/C16H23N3O2/c1-16(2,3)21-15(20)19(6)14(11-17)12-7-9-13(10-8-12)18(4)5/h7-10,14H,1-6H3. The van der Waals surface area contributed by atoms with Crippen molar-refractivity contribution >= 4 is 11.8 Å². The van der Waals surface area contributed by atoms with E-state index in [0.717, 1.165) is 11.3 Å². The van der Waals surface area contributed by atoms with Crippen molar-refractivity contribution in [3.8, 4) is 6.07 Å². The zero-order valence-corrected chi connectivity index (χ0v) is 13.5. The van der Waals surface area contributed by atoms with Gasteiger partial charge in [-0.15, -0.1) is 0 Å². The fourth-order valence-corrected chi connectivity index (χ4v) is 1.78. The van der Waals surface area contributed by atoms with Gasteiger partial charge in [-0.1, -0.05) is 12.1 Å². The van der Waals surface area contributed by atoms with Crippen LogP contribution in [-0.2, 0) is 4.74 Å². The monoisotopic (exact) mass is 289 g/mol. The second kappa shape index (κ2) is 6.49. The van der Waals surface area contributed by atoms with Crippen molar-refractivity contribution in [1.29, 1.82) is 5.26 Å². The molecule has 1 atom stereocenters. The highest BCUT2D eigenvalue weighted by Gasteiger charge is 2.26. The van der Waals surface area contributed by atoms with Crippen LogP contribution < -0.4 is 4.90 Å². The lowest BCUT2D eigenvalue weighted by Crippen LogP contribution is -2.36. The summed E-state index contributed by atoms with van der Waals surface area (Å²) in [5.41, 5.74) is 1.21. The van der Waals surface area contributed by atoms with Gasteiger partial charge in [0.25, 0.3) is 0 Å². The minimum atomic E-state index is -0.670. The molecule has 0 saturated carbocycles. The molecule has 0 aromatic heterocycles. The minimum Gasteiger partial charge on any atom is -0.444 e. The smallest absolute Gasteiger partial charge is 0.411 e. The van der Waals surface area contributed by atoms with E-state index in [4.69, 9.17) is 4.74 Å². The number of benzene rings is 1. The van der Waals surface area contributed by atoms with Crippen LogP contribution in [0.5, 0.6) is 0 Å². The molecule has 0 radical (unpaired) electrons. The number of amides is 1. The molecule has 0 bridgehead atoms. The third-order valence-corrected chi connectivity index (χ3v) is 2.92. The Balaban J connectivity index is 2.92. The molecule has 0 aliphatic carbocycles. The zero-order valence-electron chi connectivity index (χ0n) is 13.5. The highest BCUT2D eigenvalue weighted by molar-refractivity contribution is 5.69. The molecule has 114 valence electrons. The van der Waals surface area contributed by atoms with Gasteiger partial charge in [0.2, 0.25) is 0 Å². The summed E-state index contributed by atoms with van der Waals surface area (Å²) in [6.07, 6.45) is -0.509. The summed E-state index contributed by atoms with van der Waals surface area (Å²) >= 11 is 0. The first-order valence-corrected chi connectivity index (χ1v) is 6.78. The van der Waals surface area contributed by atoms with Gasteiger partial charge < -0.3 is 9.64 Å². The normalized spacial score (nSPS) is 12.2. The Labute approximate surface area is 126 Å². The first-order valence-electron chi connectivity index (χ1n) is 6.78. The van der Waals surface area contributed by atoms with Crippen molar-refractivity contribution in [3.05, 3.63) is 29.8 Å². The molecule has 0 heterocycles. The number of anilines is 1. The summed E-state index contributed by atoms with van der Waals surface area (Å²) in [7, 11) is 5.47. The summed E-state index contributed by atoms with van der Waals surface area (Å²) in [4.78, 5) is 15.3. The van der Waals surface area contributed by atoms with Crippen LogP contribution in [0.3, 0.4) is 0 Å². The summed E-state index contributed by atoms with van der Waals surface area (Å²) in [6.45, 7) is 5.39. The Bertz CT molecular complexity index is 524. The van der Waals surface area contributed by atoms with Crippen molar-refractivity contribution < 1.29 is 9.53 Å². The molecule has 1 amide bonds. The summed E-state index contributed by atoms with van der Waals surface area (Å²) in [5, 5.41) is 9.37. The SMILES string of the molecule is CN(C)c1ccc(C(C#N)N(C)C(=O)OC(C)(C)C)cc1. The number of carbonyl (C=O) groups excluding carboxylic acids is 1. The van der Waals surface area contributed by atoms with Crippen molar-refractivity contribution in [1.82, 2.24) is 4.90 Å². The Kier molecular flexibility index (Phi) is 5.20. The molecule has 1 aromatic carbocycles. The average molecular weight is 289 g/mol. The van der Waals surface area contributed by atoms with Gasteiger partial charge in [0.1, 0.15) is 11.6 Å². The number of nitrogens with zero attached hydrogens (tertiary/aromatic N) is 3. The largest absolute Gasteiger partial charge is 0.444 e. The number of hydrogen-bond donors (Lipinski definition) is 0. The van der Waals surface area contributed by atoms with Gasteiger partial charge in [-0.3, -0.25) is 4.90 Å². The van der Waals surface area contributed by atoms with Crippen LogP contribution in [0.15, 0.2) is 24.3 Å². The van der Waals surface area contributed by atoms with E-state index in [9.17, 15) is 10.1 Å². The summed E-state index contributed by atoms with van der Waals surface area (Å²) in [5.74, 6) is 0. The quantitative estimate of drug-likeness (QED) is 0.857. The molecule has 0 spiro atoms. The molecule has 1 rings (SSSR count). The lowest BCUT2D eigenvalue weighted by atomic mass is 10.1. The van der Waals surface area contributed by atoms with Crippen LogP contribution in [-0.4, -0.2) is 37.7 Å². The van der Waals surface area contributed by atoms with E-state index in [1.165, 1.54) is 4.90 Å². The summed E-state index contributed by atoms with van der Waals surface area (Å²) in [6, 6.07) is 9.02. The molecule has 21 heavy (non-hydrogen) atoms. The van der Waals surface area contributed by atoms with E-state index < -0.39 is 17.7 Å². The minimum absolute atomic E-state index is 0.509. The van der Waals surface area contributed by atoms with E-state index in [1.807, 2.05) is 43.3 Å². The van der Waals surface area contributed by atoms with Crippen LogP contribution in [0.2, 0.25) is 0 Å². The van der Waals surface area contributed by atoms with E-state index in [2.05, 4.69) is 6.07 Å². The topological polar surface area (TPSA) is 56.6 Å². The maximum absolute atomic E-state index is 12.1. The Morgan fingerprint density at radius 3 is 2.10 bits per heavy atom. The fourth-order valence-electron chi connectivity index (χ4n) is 1.78. The maximum atomic E-state index is 12.1. The van der Waals surface area contributed by atoms with Crippen molar-refractivity contribution in [2.75, 3.05) is 26.0 Å². The molecular weight excluding hydrogens is 266 g/mol. The van der Waals surface area contributed by atoms with Crippen molar-refractivity contribution in [2.24, 2.45) is 0 Å². The predicted molar refractivity (Wildman–Crippen MR) is 83.1 cm³/mol. The molecule has 0 fully saturated rings. The average Bonchev–Trinajstić information content (AvgIpc) is 2.38. The van der Waals surface area contributed by atoms with Gasteiger partial charge in [-0.2, -0.15) is 5.26 Å². The van der Waals surface area contributed by atoms with Gasteiger partial charge >= 0.3 is 6.09 Å². The highest BCUT2D eigenvalue weighted by atomic mass is 16.6. The molecule has 1 aromatic rings. The zero-order chi connectivity index (χ0) is 16.2. The first-order chi connectivity index (χ1) is 9.65.